The molecule has 0 unspecified atom stereocenters. The summed E-state index contributed by atoms with van der Waals surface area (Å²) in [5.74, 6) is 0.609. The molecule has 4 aromatic rings. The van der Waals surface area contributed by atoms with Crippen LogP contribution in [-0.2, 0) is 0 Å². The first-order valence-electron chi connectivity index (χ1n) is 10.6. The molecule has 0 spiro atoms. The van der Waals surface area contributed by atoms with Crippen molar-refractivity contribution in [3.63, 3.8) is 0 Å². The molecule has 0 bridgehead atoms. The lowest BCUT2D eigenvalue weighted by Gasteiger charge is -2.40. The van der Waals surface area contributed by atoms with E-state index in [1.165, 1.54) is 44.5 Å². The Hall–Kier alpha value is -3.64. The Morgan fingerprint density at radius 2 is 0.733 bits per heavy atom. The lowest BCUT2D eigenvalue weighted by atomic mass is 9.63. The van der Waals surface area contributed by atoms with E-state index in [0.29, 0.717) is 11.8 Å². The largest absolute Gasteiger partial charge is 0.0622 e. The van der Waals surface area contributed by atoms with Crippen LogP contribution in [0.5, 0.6) is 0 Å². The first kappa shape index (κ1) is 17.2. The Labute approximate surface area is 177 Å². The Kier molecular flexibility index (Phi) is 4.02. The average Bonchev–Trinajstić information content (AvgIpc) is 2.84. The quantitative estimate of drug-likeness (QED) is 0.334. The summed E-state index contributed by atoms with van der Waals surface area (Å²) in [5.41, 5.74) is 11.0. The Balaban J connectivity index is 1.67. The van der Waals surface area contributed by atoms with Gasteiger partial charge in [-0.1, -0.05) is 121 Å². The summed E-state index contributed by atoms with van der Waals surface area (Å²) in [6.45, 7) is 0. The van der Waals surface area contributed by atoms with Crippen LogP contribution >= 0.6 is 0 Å². The van der Waals surface area contributed by atoms with Crippen molar-refractivity contribution >= 4 is 23.3 Å². The van der Waals surface area contributed by atoms with Gasteiger partial charge in [0.15, 0.2) is 0 Å². The topological polar surface area (TPSA) is 0 Å². The molecule has 0 saturated heterocycles. The molecule has 0 radical (unpaired) electrons. The second kappa shape index (κ2) is 7.00. The van der Waals surface area contributed by atoms with Gasteiger partial charge in [0, 0.05) is 11.8 Å². The van der Waals surface area contributed by atoms with E-state index in [2.05, 4.69) is 121 Å². The third-order valence-corrected chi connectivity index (χ3v) is 6.50. The predicted molar refractivity (Wildman–Crippen MR) is 127 cm³/mol. The highest BCUT2D eigenvalue weighted by atomic mass is 14.4. The van der Waals surface area contributed by atoms with Crippen molar-refractivity contribution in [3.05, 3.63) is 143 Å². The van der Waals surface area contributed by atoms with Gasteiger partial charge < -0.3 is 0 Å². The van der Waals surface area contributed by atoms with Gasteiger partial charge in [0.1, 0.15) is 0 Å². The van der Waals surface area contributed by atoms with E-state index in [4.69, 9.17) is 0 Å². The van der Waals surface area contributed by atoms with Crippen molar-refractivity contribution < 1.29 is 0 Å². The van der Waals surface area contributed by atoms with Crippen LogP contribution in [0.15, 0.2) is 109 Å². The molecule has 30 heavy (non-hydrogen) atoms. The first-order chi connectivity index (χ1) is 14.9. The van der Waals surface area contributed by atoms with E-state index in [1.54, 1.807) is 0 Å². The summed E-state index contributed by atoms with van der Waals surface area (Å²) in [4.78, 5) is 0. The number of rotatable bonds is 2. The number of fused-ring (bicyclic) bond motifs is 5. The predicted octanol–water partition coefficient (Wildman–Crippen LogP) is 7.66. The maximum atomic E-state index is 2.41. The maximum absolute atomic E-state index is 2.41. The molecule has 6 rings (SSSR count). The van der Waals surface area contributed by atoms with E-state index in [9.17, 15) is 0 Å². The summed E-state index contributed by atoms with van der Waals surface area (Å²) in [6.07, 6.45) is 4.83. The highest BCUT2D eigenvalue weighted by Gasteiger charge is 2.39. The molecule has 0 saturated carbocycles. The van der Waals surface area contributed by atoms with E-state index in [0.717, 1.165) is 0 Å². The smallest absolute Gasteiger partial charge is 0.0211 e. The van der Waals surface area contributed by atoms with Gasteiger partial charge in [-0.2, -0.15) is 0 Å². The highest BCUT2D eigenvalue weighted by molar-refractivity contribution is 5.99. The molecule has 0 nitrogen and oxygen atoms in total. The van der Waals surface area contributed by atoms with Crippen LogP contribution in [0.3, 0.4) is 0 Å². The van der Waals surface area contributed by atoms with Crippen LogP contribution in [0, 0.1) is 0 Å². The van der Waals surface area contributed by atoms with E-state index < -0.39 is 0 Å². The summed E-state index contributed by atoms with van der Waals surface area (Å²) in [6, 6.07) is 39.6. The van der Waals surface area contributed by atoms with Gasteiger partial charge in [-0.3, -0.25) is 0 Å². The standard InChI is InChI=1S/C30H22/c1-3-11-21(12-4-1)27-19-23-15-7-10-18-26(23)30-28(22-13-5-2-6-14-22)20-24-16-8-9-17-25(24)29(27)30/h1-20,29-30H/t29-,30+. The molecule has 142 valence electrons. The number of hydrogen-bond donors (Lipinski definition) is 0. The summed E-state index contributed by atoms with van der Waals surface area (Å²) in [7, 11) is 0. The van der Waals surface area contributed by atoms with Gasteiger partial charge in [-0.05, 0) is 44.5 Å². The maximum Gasteiger partial charge on any atom is 0.0211 e. The molecule has 0 aromatic heterocycles. The monoisotopic (exact) mass is 382 g/mol. The lowest BCUT2D eigenvalue weighted by molar-refractivity contribution is 0.754. The van der Waals surface area contributed by atoms with E-state index >= 15 is 0 Å². The number of benzene rings is 4. The van der Waals surface area contributed by atoms with Gasteiger partial charge in [0.2, 0.25) is 0 Å². The van der Waals surface area contributed by atoms with Gasteiger partial charge in [0.05, 0.1) is 0 Å². The zero-order chi connectivity index (χ0) is 19.9. The van der Waals surface area contributed by atoms with Crippen molar-refractivity contribution in [2.75, 3.05) is 0 Å². The lowest BCUT2D eigenvalue weighted by Crippen LogP contribution is -2.22. The molecule has 0 aliphatic heterocycles. The van der Waals surface area contributed by atoms with Gasteiger partial charge >= 0.3 is 0 Å². The third kappa shape index (κ3) is 2.69. The Morgan fingerprint density at radius 1 is 0.367 bits per heavy atom. The SMILES string of the molecule is C1=C(c2ccccc2)[C@@H]2c3ccccc3C=C(c3ccccc3)[C@H]2c2ccccc21. The molecule has 0 N–H and O–H groups in total. The first-order valence-corrected chi connectivity index (χ1v) is 10.6. The zero-order valence-corrected chi connectivity index (χ0v) is 16.7. The fraction of sp³-hybridized carbons (Fsp3) is 0.0667. The van der Waals surface area contributed by atoms with Crippen molar-refractivity contribution in [3.8, 4) is 0 Å². The summed E-state index contributed by atoms with van der Waals surface area (Å²) < 4.78 is 0. The minimum atomic E-state index is 0.304. The zero-order valence-electron chi connectivity index (χ0n) is 16.7. The van der Waals surface area contributed by atoms with Crippen LogP contribution in [0.4, 0.5) is 0 Å². The van der Waals surface area contributed by atoms with Crippen molar-refractivity contribution in [2.24, 2.45) is 0 Å². The van der Waals surface area contributed by atoms with Gasteiger partial charge in [-0.15, -0.1) is 0 Å². The molecular weight excluding hydrogens is 360 g/mol. The molecule has 2 aliphatic rings. The van der Waals surface area contributed by atoms with Crippen LogP contribution in [-0.4, -0.2) is 0 Å². The summed E-state index contributed by atoms with van der Waals surface area (Å²) in [5, 5.41) is 0. The molecule has 0 heteroatoms. The van der Waals surface area contributed by atoms with Crippen molar-refractivity contribution in [2.45, 2.75) is 11.8 Å². The van der Waals surface area contributed by atoms with Crippen molar-refractivity contribution in [1.29, 1.82) is 0 Å². The van der Waals surface area contributed by atoms with Gasteiger partial charge in [0.25, 0.3) is 0 Å². The second-order valence-corrected chi connectivity index (χ2v) is 8.14. The van der Waals surface area contributed by atoms with Crippen molar-refractivity contribution in [1.82, 2.24) is 0 Å². The Morgan fingerprint density at radius 3 is 1.17 bits per heavy atom. The Bertz CT molecular complexity index is 1170. The third-order valence-electron chi connectivity index (χ3n) is 6.50. The molecular formula is C30H22. The normalized spacial score (nSPS) is 19.1. The molecule has 4 aromatic carbocycles. The van der Waals surface area contributed by atoms with Gasteiger partial charge in [-0.25, -0.2) is 0 Å². The number of allylic oxidation sites excluding steroid dienone is 2. The highest BCUT2D eigenvalue weighted by Crippen LogP contribution is 2.57. The molecule has 2 atom stereocenters. The molecule has 0 amide bonds. The van der Waals surface area contributed by atoms with E-state index in [1.807, 2.05) is 0 Å². The molecule has 0 fully saturated rings. The molecule has 0 heterocycles. The fourth-order valence-corrected chi connectivity index (χ4v) is 5.21. The van der Waals surface area contributed by atoms with Crippen LogP contribution in [0.2, 0.25) is 0 Å². The minimum Gasteiger partial charge on any atom is -0.0622 e. The number of hydrogen-bond acceptors (Lipinski definition) is 0. The second-order valence-electron chi connectivity index (χ2n) is 8.14. The average molecular weight is 383 g/mol. The van der Waals surface area contributed by atoms with Crippen LogP contribution < -0.4 is 0 Å². The molecule has 2 aliphatic carbocycles. The van der Waals surface area contributed by atoms with Crippen LogP contribution in [0.25, 0.3) is 23.3 Å². The van der Waals surface area contributed by atoms with Crippen LogP contribution in [0.1, 0.15) is 45.2 Å². The fourth-order valence-electron chi connectivity index (χ4n) is 5.21. The minimum absolute atomic E-state index is 0.304. The summed E-state index contributed by atoms with van der Waals surface area (Å²) >= 11 is 0. The van der Waals surface area contributed by atoms with E-state index in [-0.39, 0.29) is 0 Å².